The molecule has 1 N–H and O–H groups in total. The zero-order chi connectivity index (χ0) is 15.5. The summed E-state index contributed by atoms with van der Waals surface area (Å²) in [6, 6.07) is 8.92. The van der Waals surface area contributed by atoms with E-state index >= 15 is 0 Å². The Morgan fingerprint density at radius 1 is 1.38 bits per heavy atom. The molecule has 1 aliphatic heterocycles. The Labute approximate surface area is 128 Å². The van der Waals surface area contributed by atoms with Crippen LogP contribution in [0.4, 0.5) is 0 Å². The molecule has 0 aliphatic carbocycles. The lowest BCUT2D eigenvalue weighted by Gasteiger charge is -2.26. The lowest BCUT2D eigenvalue weighted by Crippen LogP contribution is -2.35. The predicted molar refractivity (Wildman–Crippen MR) is 87.3 cm³/mol. The second kappa shape index (κ2) is 6.90. The van der Waals surface area contributed by atoms with Crippen LogP contribution in [0.15, 0.2) is 24.3 Å². The molecular weight excluding hydrogens is 284 g/mol. The average Bonchev–Trinajstić information content (AvgIpc) is 2.81. The number of hydrogen-bond acceptors (Lipinski definition) is 4. The van der Waals surface area contributed by atoms with Crippen LogP contribution in [0.25, 0.3) is 0 Å². The van der Waals surface area contributed by atoms with Gasteiger partial charge >= 0.3 is 0 Å². The Morgan fingerprint density at radius 2 is 2.10 bits per heavy atom. The van der Waals surface area contributed by atoms with E-state index in [2.05, 4.69) is 41.4 Å². The maximum absolute atomic E-state index is 11.6. The van der Waals surface area contributed by atoms with Gasteiger partial charge in [0.2, 0.25) is 0 Å². The van der Waals surface area contributed by atoms with E-state index in [1.165, 1.54) is 11.1 Å². The van der Waals surface area contributed by atoms with Crippen LogP contribution in [0.3, 0.4) is 0 Å². The predicted octanol–water partition coefficient (Wildman–Crippen LogP) is 1.76. The number of hydrogen-bond donors (Lipinski definition) is 1. The van der Waals surface area contributed by atoms with Crippen molar-refractivity contribution in [2.24, 2.45) is 0 Å². The molecule has 0 bridgehead atoms. The van der Waals surface area contributed by atoms with E-state index in [0.29, 0.717) is 17.5 Å². The monoisotopic (exact) mass is 310 g/mol. The first-order valence-corrected chi connectivity index (χ1v) is 9.38. The summed E-state index contributed by atoms with van der Waals surface area (Å²) in [6.45, 7) is 3.03. The minimum atomic E-state index is -2.80. The van der Waals surface area contributed by atoms with E-state index in [0.717, 1.165) is 19.4 Å². The SMILES string of the molecule is CNC(CCN(C)C1CCS(=O)(=O)C1)c1ccccc1C. The average molecular weight is 310 g/mol. The lowest BCUT2D eigenvalue weighted by molar-refractivity contribution is 0.248. The third-order valence-corrected chi connectivity index (χ3v) is 6.26. The van der Waals surface area contributed by atoms with Crippen molar-refractivity contribution in [3.8, 4) is 0 Å². The summed E-state index contributed by atoms with van der Waals surface area (Å²) in [5, 5.41) is 3.38. The molecule has 1 fully saturated rings. The van der Waals surface area contributed by atoms with E-state index in [-0.39, 0.29) is 6.04 Å². The summed E-state index contributed by atoms with van der Waals surface area (Å²) in [6.07, 6.45) is 1.75. The highest BCUT2D eigenvalue weighted by Crippen LogP contribution is 2.22. The van der Waals surface area contributed by atoms with E-state index in [1.54, 1.807) is 0 Å². The first-order valence-electron chi connectivity index (χ1n) is 7.56. The minimum absolute atomic E-state index is 0.185. The number of benzene rings is 1. The largest absolute Gasteiger partial charge is 0.313 e. The molecule has 21 heavy (non-hydrogen) atoms. The molecule has 0 amide bonds. The molecule has 2 unspecified atom stereocenters. The van der Waals surface area contributed by atoms with Crippen LogP contribution in [0, 0.1) is 6.92 Å². The Kier molecular flexibility index (Phi) is 5.41. The van der Waals surface area contributed by atoms with Crippen LogP contribution >= 0.6 is 0 Å². The van der Waals surface area contributed by atoms with Gasteiger partial charge < -0.3 is 10.2 Å². The first kappa shape index (κ1) is 16.5. The molecule has 0 radical (unpaired) electrons. The van der Waals surface area contributed by atoms with Crippen LogP contribution in [-0.4, -0.2) is 51.5 Å². The van der Waals surface area contributed by atoms with Gasteiger partial charge in [0.1, 0.15) is 0 Å². The smallest absolute Gasteiger partial charge is 0.151 e. The number of aryl methyl sites for hydroxylation is 1. The van der Waals surface area contributed by atoms with E-state index in [9.17, 15) is 8.42 Å². The standard InChI is InChI=1S/C16H26N2O2S/c1-13-6-4-5-7-15(13)16(17-2)8-10-18(3)14-9-11-21(19,20)12-14/h4-7,14,16-17H,8-12H2,1-3H3. The van der Waals surface area contributed by atoms with Crippen LogP contribution in [0.2, 0.25) is 0 Å². The zero-order valence-electron chi connectivity index (χ0n) is 13.2. The van der Waals surface area contributed by atoms with Crippen molar-refractivity contribution in [2.45, 2.75) is 31.8 Å². The van der Waals surface area contributed by atoms with Crippen LogP contribution in [-0.2, 0) is 9.84 Å². The Hall–Kier alpha value is -0.910. The Bertz CT molecular complexity index is 571. The normalized spacial score (nSPS) is 22.6. The molecule has 0 aromatic heterocycles. The highest BCUT2D eigenvalue weighted by molar-refractivity contribution is 7.91. The summed E-state index contributed by atoms with van der Waals surface area (Å²) in [4.78, 5) is 2.20. The van der Waals surface area contributed by atoms with Gasteiger partial charge in [-0.2, -0.15) is 0 Å². The maximum atomic E-state index is 11.6. The topological polar surface area (TPSA) is 49.4 Å². The van der Waals surface area contributed by atoms with Crippen molar-refractivity contribution < 1.29 is 8.42 Å². The molecule has 0 saturated carbocycles. The van der Waals surface area contributed by atoms with Crippen LogP contribution < -0.4 is 5.32 Å². The van der Waals surface area contributed by atoms with Crippen LogP contribution in [0.5, 0.6) is 0 Å². The van der Waals surface area contributed by atoms with E-state index in [4.69, 9.17) is 0 Å². The molecule has 5 heteroatoms. The van der Waals surface area contributed by atoms with Gasteiger partial charge in [0.05, 0.1) is 11.5 Å². The van der Waals surface area contributed by atoms with Gasteiger partial charge in [-0.25, -0.2) is 8.42 Å². The second-order valence-corrected chi connectivity index (χ2v) is 8.25. The van der Waals surface area contributed by atoms with Gasteiger partial charge in [-0.15, -0.1) is 0 Å². The third-order valence-electron chi connectivity index (χ3n) is 4.51. The number of rotatable bonds is 6. The van der Waals surface area contributed by atoms with Gasteiger partial charge in [-0.3, -0.25) is 0 Å². The summed E-state index contributed by atoms with van der Waals surface area (Å²) in [5.74, 6) is 0.660. The number of nitrogens with one attached hydrogen (secondary N) is 1. The summed E-state index contributed by atoms with van der Waals surface area (Å²) in [5.41, 5.74) is 2.62. The summed E-state index contributed by atoms with van der Waals surface area (Å²) >= 11 is 0. The molecule has 1 heterocycles. The van der Waals surface area contributed by atoms with Crippen LogP contribution in [0.1, 0.15) is 30.0 Å². The molecule has 2 atom stereocenters. The van der Waals surface area contributed by atoms with E-state index < -0.39 is 9.84 Å². The molecule has 4 nitrogen and oxygen atoms in total. The minimum Gasteiger partial charge on any atom is -0.313 e. The molecule has 1 aliphatic rings. The molecular formula is C16H26N2O2S. The molecule has 1 saturated heterocycles. The molecule has 0 spiro atoms. The summed E-state index contributed by atoms with van der Waals surface area (Å²) < 4.78 is 23.1. The van der Waals surface area contributed by atoms with Gasteiger partial charge in [-0.05, 0) is 51.5 Å². The Morgan fingerprint density at radius 3 is 2.67 bits per heavy atom. The van der Waals surface area contributed by atoms with Crippen molar-refractivity contribution >= 4 is 9.84 Å². The number of nitrogens with zero attached hydrogens (tertiary/aromatic N) is 1. The van der Waals surface area contributed by atoms with E-state index in [1.807, 2.05) is 14.1 Å². The fourth-order valence-corrected chi connectivity index (χ4v) is 4.88. The van der Waals surface area contributed by atoms with Crippen molar-refractivity contribution in [1.82, 2.24) is 10.2 Å². The van der Waals surface area contributed by atoms with Crippen molar-refractivity contribution in [1.29, 1.82) is 0 Å². The first-order chi connectivity index (χ1) is 9.93. The fraction of sp³-hybridized carbons (Fsp3) is 0.625. The zero-order valence-corrected chi connectivity index (χ0v) is 14.0. The van der Waals surface area contributed by atoms with Gasteiger partial charge in [-0.1, -0.05) is 24.3 Å². The second-order valence-electron chi connectivity index (χ2n) is 6.02. The quantitative estimate of drug-likeness (QED) is 0.870. The summed E-state index contributed by atoms with van der Waals surface area (Å²) in [7, 11) is 1.22. The van der Waals surface area contributed by atoms with Crippen molar-refractivity contribution in [3.63, 3.8) is 0 Å². The lowest BCUT2D eigenvalue weighted by atomic mass is 9.98. The highest BCUT2D eigenvalue weighted by Gasteiger charge is 2.30. The Balaban J connectivity index is 1.93. The highest BCUT2D eigenvalue weighted by atomic mass is 32.2. The van der Waals surface area contributed by atoms with Gasteiger partial charge in [0, 0.05) is 12.1 Å². The molecule has 2 rings (SSSR count). The molecule has 1 aromatic rings. The molecule has 1 aromatic carbocycles. The number of sulfone groups is 1. The van der Waals surface area contributed by atoms with Crippen molar-refractivity contribution in [2.75, 3.05) is 32.1 Å². The van der Waals surface area contributed by atoms with Gasteiger partial charge in [0.25, 0.3) is 0 Å². The fourth-order valence-electron chi connectivity index (χ4n) is 3.07. The molecule has 118 valence electrons. The van der Waals surface area contributed by atoms with Gasteiger partial charge in [0.15, 0.2) is 9.84 Å². The van der Waals surface area contributed by atoms with Crippen molar-refractivity contribution in [3.05, 3.63) is 35.4 Å². The maximum Gasteiger partial charge on any atom is 0.151 e. The third kappa shape index (κ3) is 4.28.